The first-order chi connectivity index (χ1) is 13.0. The van der Waals surface area contributed by atoms with Crippen molar-refractivity contribution < 1.29 is 23.8 Å². The SMILES string of the molecule is Cc1ccccc1OC(=O)Oc1ccccc1C(=O)Oc1ccccc1C. The molecule has 5 heteroatoms. The van der Waals surface area contributed by atoms with E-state index in [0.29, 0.717) is 11.5 Å². The Labute approximate surface area is 157 Å². The van der Waals surface area contributed by atoms with E-state index in [2.05, 4.69) is 0 Å². The fourth-order valence-corrected chi connectivity index (χ4v) is 2.42. The van der Waals surface area contributed by atoms with E-state index in [1.54, 1.807) is 36.4 Å². The Morgan fingerprint density at radius 2 is 1.04 bits per heavy atom. The molecule has 0 aliphatic heterocycles. The number of aryl methyl sites for hydroxylation is 2. The van der Waals surface area contributed by atoms with E-state index in [4.69, 9.17) is 14.2 Å². The number of para-hydroxylation sites is 3. The van der Waals surface area contributed by atoms with E-state index >= 15 is 0 Å². The van der Waals surface area contributed by atoms with E-state index in [0.717, 1.165) is 11.1 Å². The van der Waals surface area contributed by atoms with E-state index in [1.165, 1.54) is 12.1 Å². The van der Waals surface area contributed by atoms with Crippen LogP contribution in [0.15, 0.2) is 72.8 Å². The minimum absolute atomic E-state index is 0.0645. The topological polar surface area (TPSA) is 61.8 Å². The number of rotatable bonds is 4. The van der Waals surface area contributed by atoms with Gasteiger partial charge in [-0.15, -0.1) is 0 Å². The van der Waals surface area contributed by atoms with Gasteiger partial charge in [-0.1, -0.05) is 48.5 Å². The van der Waals surface area contributed by atoms with Crippen molar-refractivity contribution in [1.82, 2.24) is 0 Å². The van der Waals surface area contributed by atoms with Gasteiger partial charge in [-0.05, 0) is 49.2 Å². The molecule has 0 fully saturated rings. The third-order valence-electron chi connectivity index (χ3n) is 3.88. The molecule has 0 amide bonds. The van der Waals surface area contributed by atoms with Crippen LogP contribution < -0.4 is 14.2 Å². The monoisotopic (exact) mass is 362 g/mol. The molecule has 3 rings (SSSR count). The quantitative estimate of drug-likeness (QED) is 0.367. The van der Waals surface area contributed by atoms with Crippen molar-refractivity contribution in [1.29, 1.82) is 0 Å². The number of ether oxygens (including phenoxy) is 3. The highest BCUT2D eigenvalue weighted by molar-refractivity contribution is 5.94. The third kappa shape index (κ3) is 4.52. The number of carbonyl (C=O) groups excluding carboxylic acids is 2. The number of hydrogen-bond acceptors (Lipinski definition) is 5. The summed E-state index contributed by atoms with van der Waals surface area (Å²) in [5, 5.41) is 0. The van der Waals surface area contributed by atoms with Gasteiger partial charge in [-0.3, -0.25) is 0 Å². The predicted octanol–water partition coefficient (Wildman–Crippen LogP) is 5.10. The molecule has 27 heavy (non-hydrogen) atoms. The van der Waals surface area contributed by atoms with Gasteiger partial charge in [0.25, 0.3) is 0 Å². The van der Waals surface area contributed by atoms with Crippen molar-refractivity contribution in [3.63, 3.8) is 0 Å². The van der Waals surface area contributed by atoms with Gasteiger partial charge < -0.3 is 14.2 Å². The van der Waals surface area contributed by atoms with E-state index in [-0.39, 0.29) is 11.3 Å². The molecule has 0 unspecified atom stereocenters. The van der Waals surface area contributed by atoms with Crippen LogP contribution in [0.25, 0.3) is 0 Å². The van der Waals surface area contributed by atoms with Crippen LogP contribution in [-0.4, -0.2) is 12.1 Å². The smallest absolute Gasteiger partial charge is 0.423 e. The second-order valence-corrected chi connectivity index (χ2v) is 5.87. The van der Waals surface area contributed by atoms with Gasteiger partial charge in [-0.2, -0.15) is 0 Å². The highest BCUT2D eigenvalue weighted by Gasteiger charge is 2.19. The highest BCUT2D eigenvalue weighted by Crippen LogP contribution is 2.24. The minimum atomic E-state index is -0.930. The average Bonchev–Trinajstić information content (AvgIpc) is 2.66. The zero-order chi connectivity index (χ0) is 19.2. The normalized spacial score (nSPS) is 10.1. The lowest BCUT2D eigenvalue weighted by molar-refractivity contribution is 0.0730. The predicted molar refractivity (Wildman–Crippen MR) is 100 cm³/mol. The molecule has 0 N–H and O–H groups in total. The van der Waals surface area contributed by atoms with Gasteiger partial charge in [0.2, 0.25) is 0 Å². The lowest BCUT2D eigenvalue weighted by Crippen LogP contribution is -2.17. The molecule has 0 saturated heterocycles. The van der Waals surface area contributed by atoms with Gasteiger partial charge in [0.05, 0.1) is 0 Å². The Hall–Kier alpha value is -3.60. The van der Waals surface area contributed by atoms with Gasteiger partial charge in [-0.25, -0.2) is 9.59 Å². The van der Waals surface area contributed by atoms with Crippen LogP contribution in [0.4, 0.5) is 4.79 Å². The molecule has 3 aromatic carbocycles. The van der Waals surface area contributed by atoms with Crippen LogP contribution in [0.3, 0.4) is 0 Å². The van der Waals surface area contributed by atoms with Crippen molar-refractivity contribution in [3.8, 4) is 17.2 Å². The van der Waals surface area contributed by atoms with E-state index in [9.17, 15) is 9.59 Å². The zero-order valence-electron chi connectivity index (χ0n) is 15.0. The summed E-state index contributed by atoms with van der Waals surface area (Å²) in [5.41, 5.74) is 1.74. The molecule has 0 spiro atoms. The summed E-state index contributed by atoms with van der Waals surface area (Å²) in [5.74, 6) is 0.278. The van der Waals surface area contributed by atoms with Crippen LogP contribution >= 0.6 is 0 Å². The standard InChI is InChI=1S/C22H18O5/c1-15-9-3-6-12-18(15)25-21(23)17-11-5-8-14-20(17)27-22(24)26-19-13-7-4-10-16(19)2/h3-14H,1-2H3. The molecule has 136 valence electrons. The van der Waals surface area contributed by atoms with E-state index in [1.807, 2.05) is 38.1 Å². The molecule has 3 aromatic rings. The van der Waals surface area contributed by atoms with Crippen molar-refractivity contribution in [3.05, 3.63) is 89.5 Å². The molecule has 0 aromatic heterocycles. The maximum atomic E-state index is 12.5. The molecule has 0 heterocycles. The molecule has 0 aliphatic rings. The second kappa shape index (κ2) is 8.19. The number of hydrogen-bond donors (Lipinski definition) is 0. The molecule has 5 nitrogen and oxygen atoms in total. The van der Waals surface area contributed by atoms with Gasteiger partial charge in [0.15, 0.2) is 0 Å². The lowest BCUT2D eigenvalue weighted by Gasteiger charge is -2.11. The second-order valence-electron chi connectivity index (χ2n) is 5.87. The van der Waals surface area contributed by atoms with Gasteiger partial charge >= 0.3 is 12.1 Å². The van der Waals surface area contributed by atoms with Crippen LogP contribution in [0.1, 0.15) is 21.5 Å². The largest absolute Gasteiger partial charge is 0.519 e. The van der Waals surface area contributed by atoms with Crippen molar-refractivity contribution in [2.24, 2.45) is 0 Å². The van der Waals surface area contributed by atoms with Gasteiger partial charge in [0, 0.05) is 0 Å². The fraction of sp³-hybridized carbons (Fsp3) is 0.0909. The molecular weight excluding hydrogens is 344 g/mol. The van der Waals surface area contributed by atoms with Crippen LogP contribution in [0.2, 0.25) is 0 Å². The van der Waals surface area contributed by atoms with Gasteiger partial charge in [0.1, 0.15) is 22.8 Å². The first-order valence-corrected chi connectivity index (χ1v) is 8.37. The lowest BCUT2D eigenvalue weighted by atomic mass is 10.2. The molecule has 0 aliphatic carbocycles. The number of carbonyl (C=O) groups is 2. The third-order valence-corrected chi connectivity index (χ3v) is 3.88. The van der Waals surface area contributed by atoms with E-state index < -0.39 is 12.1 Å². The number of esters is 1. The summed E-state index contributed by atoms with van der Waals surface area (Å²) in [7, 11) is 0. The Morgan fingerprint density at radius 3 is 1.63 bits per heavy atom. The molecular formula is C22H18O5. The summed E-state index contributed by atoms with van der Waals surface area (Å²) >= 11 is 0. The maximum Gasteiger partial charge on any atom is 0.519 e. The van der Waals surface area contributed by atoms with Crippen molar-refractivity contribution in [2.75, 3.05) is 0 Å². The molecule has 0 atom stereocenters. The summed E-state index contributed by atoms with van der Waals surface area (Å²) in [6.45, 7) is 3.65. The molecule has 0 bridgehead atoms. The van der Waals surface area contributed by atoms with Crippen LogP contribution in [0.5, 0.6) is 17.2 Å². The zero-order valence-corrected chi connectivity index (χ0v) is 15.0. The summed E-state index contributed by atoms with van der Waals surface area (Å²) < 4.78 is 15.9. The van der Waals surface area contributed by atoms with Crippen LogP contribution in [-0.2, 0) is 0 Å². The fourth-order valence-electron chi connectivity index (χ4n) is 2.42. The summed E-state index contributed by atoms with van der Waals surface area (Å²) in [6.07, 6.45) is -0.930. The number of benzene rings is 3. The Kier molecular flexibility index (Phi) is 5.52. The van der Waals surface area contributed by atoms with Crippen molar-refractivity contribution >= 4 is 12.1 Å². The Balaban J connectivity index is 1.75. The van der Waals surface area contributed by atoms with Crippen LogP contribution in [0, 0.1) is 13.8 Å². The summed E-state index contributed by atoms with van der Waals surface area (Å²) in [6, 6.07) is 20.6. The molecule has 0 saturated carbocycles. The first kappa shape index (κ1) is 18.2. The maximum absolute atomic E-state index is 12.5. The Bertz CT molecular complexity index is 978. The average molecular weight is 362 g/mol. The molecule has 0 radical (unpaired) electrons. The Morgan fingerprint density at radius 1 is 0.593 bits per heavy atom. The summed E-state index contributed by atoms with van der Waals surface area (Å²) in [4.78, 5) is 24.7. The minimum Gasteiger partial charge on any atom is -0.423 e. The van der Waals surface area contributed by atoms with Crippen molar-refractivity contribution in [2.45, 2.75) is 13.8 Å². The first-order valence-electron chi connectivity index (χ1n) is 8.37. The highest BCUT2D eigenvalue weighted by atomic mass is 16.7.